The topological polar surface area (TPSA) is 42.2 Å². The molecule has 0 unspecified atom stereocenters. The molecule has 0 radical (unpaired) electrons. The molecule has 0 amide bonds. The van der Waals surface area contributed by atoms with Crippen LogP contribution in [0.4, 0.5) is 13.2 Å². The van der Waals surface area contributed by atoms with Crippen molar-refractivity contribution in [2.75, 3.05) is 0 Å². The Morgan fingerprint density at radius 2 is 1.72 bits per heavy atom. The van der Waals surface area contributed by atoms with Crippen LogP contribution in [0.25, 0.3) is 5.69 Å². The molecule has 0 atom stereocenters. The van der Waals surface area contributed by atoms with Crippen LogP contribution in [0.2, 0.25) is 0 Å². The maximum absolute atomic E-state index is 12.7. The Labute approximate surface area is 100 Å². The fourth-order valence-electron chi connectivity index (χ4n) is 1.55. The van der Waals surface area contributed by atoms with Crippen molar-refractivity contribution in [3.63, 3.8) is 0 Å². The van der Waals surface area contributed by atoms with Gasteiger partial charge in [0.1, 0.15) is 0 Å². The third-order valence-corrected chi connectivity index (χ3v) is 2.39. The summed E-state index contributed by atoms with van der Waals surface area (Å²) in [5.74, 6) is -1.39. The summed E-state index contributed by atoms with van der Waals surface area (Å²) in [6.07, 6.45) is -1.49. The Kier molecular flexibility index (Phi) is 2.86. The fourth-order valence-corrected chi connectivity index (χ4v) is 1.55. The zero-order chi connectivity index (χ0) is 13.3. The maximum atomic E-state index is 12.7. The van der Waals surface area contributed by atoms with Gasteiger partial charge in [-0.15, -0.1) is 0 Å². The minimum atomic E-state index is -4.58. The van der Waals surface area contributed by atoms with Gasteiger partial charge in [0, 0.05) is 18.1 Å². The van der Waals surface area contributed by atoms with Crippen LogP contribution in [0.5, 0.6) is 0 Å². The van der Waals surface area contributed by atoms with Gasteiger partial charge in [-0.1, -0.05) is 0 Å². The van der Waals surface area contributed by atoms with E-state index in [1.165, 1.54) is 10.6 Å². The van der Waals surface area contributed by atoms with Gasteiger partial charge in [0.05, 0.1) is 11.1 Å². The van der Waals surface area contributed by atoms with Crippen molar-refractivity contribution >= 4 is 5.97 Å². The smallest absolute Gasteiger partial charge is 0.416 e. The highest BCUT2D eigenvalue weighted by Gasteiger charge is 2.31. The van der Waals surface area contributed by atoms with Crippen LogP contribution in [0.3, 0.4) is 0 Å². The monoisotopic (exact) mass is 255 g/mol. The molecule has 2 aromatic rings. The van der Waals surface area contributed by atoms with E-state index in [0.717, 1.165) is 6.07 Å². The highest BCUT2D eigenvalue weighted by molar-refractivity contribution is 5.88. The number of nitrogens with zero attached hydrogens (tertiary/aromatic N) is 1. The molecule has 1 aromatic heterocycles. The van der Waals surface area contributed by atoms with Crippen molar-refractivity contribution in [1.82, 2.24) is 4.57 Å². The number of aromatic carboxylic acids is 1. The van der Waals surface area contributed by atoms with Crippen molar-refractivity contribution < 1.29 is 23.1 Å². The average molecular weight is 255 g/mol. The molecule has 0 spiro atoms. The second-order valence-electron chi connectivity index (χ2n) is 3.66. The van der Waals surface area contributed by atoms with Crippen LogP contribution >= 0.6 is 0 Å². The summed E-state index contributed by atoms with van der Waals surface area (Å²) in [5, 5.41) is 8.82. The summed E-state index contributed by atoms with van der Waals surface area (Å²) in [6, 6.07) is 6.00. The number of rotatable bonds is 2. The van der Waals surface area contributed by atoms with Gasteiger partial charge in [0.25, 0.3) is 0 Å². The molecule has 0 aliphatic rings. The predicted octanol–water partition coefficient (Wildman–Crippen LogP) is 3.19. The Hall–Kier alpha value is -2.24. The van der Waals surface area contributed by atoms with E-state index in [2.05, 4.69) is 0 Å². The van der Waals surface area contributed by atoms with Crippen molar-refractivity contribution in [2.45, 2.75) is 6.18 Å². The number of benzene rings is 1. The molecule has 94 valence electrons. The summed E-state index contributed by atoms with van der Waals surface area (Å²) in [5.41, 5.74) is -1.22. The number of carbonyl (C=O) groups is 1. The van der Waals surface area contributed by atoms with E-state index in [9.17, 15) is 18.0 Å². The summed E-state index contributed by atoms with van der Waals surface area (Å²) in [7, 11) is 0. The SMILES string of the molecule is O=C(O)c1cc(-n2cccc2)cc(C(F)(F)F)c1. The number of hydrogen-bond donors (Lipinski definition) is 1. The van der Waals surface area contributed by atoms with Crippen molar-refractivity contribution in [3.05, 3.63) is 53.9 Å². The number of carboxylic acid groups (broad SMARTS) is 1. The highest BCUT2D eigenvalue weighted by Crippen LogP contribution is 2.31. The predicted molar refractivity (Wildman–Crippen MR) is 57.7 cm³/mol. The molecule has 1 aromatic carbocycles. The Morgan fingerprint density at radius 1 is 1.11 bits per heavy atom. The molecule has 0 aliphatic heterocycles. The third-order valence-electron chi connectivity index (χ3n) is 2.39. The number of aromatic nitrogens is 1. The van der Waals surface area contributed by atoms with Crippen LogP contribution in [-0.4, -0.2) is 15.6 Å². The first-order chi connectivity index (χ1) is 8.38. The summed E-state index contributed by atoms with van der Waals surface area (Å²) >= 11 is 0. The Balaban J connectivity index is 2.61. The number of halogens is 3. The normalized spacial score (nSPS) is 11.5. The van der Waals surface area contributed by atoms with Crippen LogP contribution in [0.15, 0.2) is 42.7 Å². The molecule has 1 N–H and O–H groups in total. The lowest BCUT2D eigenvalue weighted by atomic mass is 10.1. The van der Waals surface area contributed by atoms with E-state index in [4.69, 9.17) is 5.11 Å². The first-order valence-electron chi connectivity index (χ1n) is 4.97. The fraction of sp³-hybridized carbons (Fsp3) is 0.0833. The summed E-state index contributed by atoms with van der Waals surface area (Å²) in [4.78, 5) is 10.8. The van der Waals surface area contributed by atoms with Crippen LogP contribution in [0.1, 0.15) is 15.9 Å². The van der Waals surface area contributed by atoms with Gasteiger partial charge >= 0.3 is 12.1 Å². The molecule has 0 aliphatic carbocycles. The summed E-state index contributed by atoms with van der Waals surface area (Å²) < 4.78 is 39.4. The number of hydrogen-bond acceptors (Lipinski definition) is 1. The van der Waals surface area contributed by atoms with Crippen molar-refractivity contribution in [2.24, 2.45) is 0 Å². The van der Waals surface area contributed by atoms with E-state index < -0.39 is 23.3 Å². The first kappa shape index (κ1) is 12.2. The van der Waals surface area contributed by atoms with E-state index in [1.807, 2.05) is 0 Å². The zero-order valence-electron chi connectivity index (χ0n) is 8.98. The molecule has 1 heterocycles. The van der Waals surface area contributed by atoms with Gasteiger partial charge < -0.3 is 9.67 Å². The van der Waals surface area contributed by atoms with Crippen molar-refractivity contribution in [3.8, 4) is 5.69 Å². The second kappa shape index (κ2) is 4.21. The highest BCUT2D eigenvalue weighted by atomic mass is 19.4. The molecular formula is C12H8F3NO2. The van der Waals surface area contributed by atoms with E-state index >= 15 is 0 Å². The van der Waals surface area contributed by atoms with Crippen LogP contribution < -0.4 is 0 Å². The molecule has 18 heavy (non-hydrogen) atoms. The quantitative estimate of drug-likeness (QED) is 0.895. The number of carboxylic acids is 1. The van der Waals surface area contributed by atoms with E-state index in [0.29, 0.717) is 6.07 Å². The third kappa shape index (κ3) is 2.37. The van der Waals surface area contributed by atoms with Gasteiger partial charge in [-0.3, -0.25) is 0 Å². The molecule has 0 fully saturated rings. The molecule has 3 nitrogen and oxygen atoms in total. The van der Waals surface area contributed by atoms with Crippen molar-refractivity contribution in [1.29, 1.82) is 0 Å². The molecule has 6 heteroatoms. The molecule has 0 saturated heterocycles. The lowest BCUT2D eigenvalue weighted by molar-refractivity contribution is -0.137. The lowest BCUT2D eigenvalue weighted by Crippen LogP contribution is -2.09. The maximum Gasteiger partial charge on any atom is 0.416 e. The Bertz CT molecular complexity index is 574. The van der Waals surface area contributed by atoms with Gasteiger partial charge in [0.15, 0.2) is 0 Å². The summed E-state index contributed by atoms with van der Waals surface area (Å²) in [6.45, 7) is 0. The minimum absolute atomic E-state index is 0.159. The standard InChI is InChI=1S/C12H8F3NO2/c13-12(14,15)9-5-8(11(17)18)6-10(7-9)16-3-1-2-4-16/h1-7H,(H,17,18). The van der Waals surface area contributed by atoms with Gasteiger partial charge in [-0.25, -0.2) is 4.79 Å². The van der Waals surface area contributed by atoms with Crippen LogP contribution in [0, 0.1) is 0 Å². The van der Waals surface area contributed by atoms with E-state index in [1.54, 1.807) is 24.5 Å². The zero-order valence-corrected chi connectivity index (χ0v) is 8.98. The first-order valence-corrected chi connectivity index (χ1v) is 4.97. The molecule has 0 bridgehead atoms. The second-order valence-corrected chi connectivity index (χ2v) is 3.66. The Morgan fingerprint density at radius 3 is 2.22 bits per heavy atom. The van der Waals surface area contributed by atoms with Gasteiger partial charge in [-0.05, 0) is 30.3 Å². The van der Waals surface area contributed by atoms with Crippen LogP contribution in [-0.2, 0) is 6.18 Å². The van der Waals surface area contributed by atoms with E-state index in [-0.39, 0.29) is 5.69 Å². The number of alkyl halides is 3. The molecular weight excluding hydrogens is 247 g/mol. The molecule has 0 saturated carbocycles. The lowest BCUT2D eigenvalue weighted by Gasteiger charge is -2.11. The minimum Gasteiger partial charge on any atom is -0.478 e. The largest absolute Gasteiger partial charge is 0.478 e. The average Bonchev–Trinajstić information content (AvgIpc) is 2.80. The van der Waals surface area contributed by atoms with Gasteiger partial charge in [0.2, 0.25) is 0 Å². The van der Waals surface area contributed by atoms with Gasteiger partial charge in [-0.2, -0.15) is 13.2 Å². The molecule has 2 rings (SSSR count).